The average molecular weight is 383 g/mol. The third-order valence-corrected chi connectivity index (χ3v) is 4.43. The second-order valence-electron chi connectivity index (χ2n) is 4.29. The van der Waals surface area contributed by atoms with Crippen LogP contribution in [-0.2, 0) is 16.8 Å². The van der Waals surface area contributed by atoms with Crippen LogP contribution >= 0.6 is 23.5 Å². The van der Waals surface area contributed by atoms with E-state index >= 15 is 0 Å². The van der Waals surface area contributed by atoms with Gasteiger partial charge in [0.1, 0.15) is 0 Å². The fourth-order valence-electron chi connectivity index (χ4n) is 1.73. The molecular formula is C11H10BrF2N2O4P. The van der Waals surface area contributed by atoms with Gasteiger partial charge >= 0.3 is 18.9 Å². The molecule has 2 rings (SSSR count). The second-order valence-corrected chi connectivity index (χ2v) is 6.80. The first-order chi connectivity index (χ1) is 9.63. The lowest BCUT2D eigenvalue weighted by atomic mass is 10.1. The molecule has 6 nitrogen and oxygen atoms in total. The molecule has 1 heterocycles. The number of hydrogen-bond acceptors (Lipinski definition) is 2. The lowest BCUT2D eigenvalue weighted by molar-refractivity contribution is 0.0557. The SMILES string of the molecule is O=c1[nH]ccn1Cc1ccc(C(F)(F)P(=O)(O)O)c(Br)c1. The van der Waals surface area contributed by atoms with Crippen LogP contribution in [0.5, 0.6) is 0 Å². The highest BCUT2D eigenvalue weighted by Gasteiger charge is 2.51. The van der Waals surface area contributed by atoms with Crippen molar-refractivity contribution in [2.45, 2.75) is 12.2 Å². The van der Waals surface area contributed by atoms with Gasteiger partial charge in [-0.3, -0.25) is 9.13 Å². The molecule has 0 unspecified atom stereocenters. The number of aromatic amines is 1. The van der Waals surface area contributed by atoms with Crippen LogP contribution in [0.4, 0.5) is 8.78 Å². The van der Waals surface area contributed by atoms with Crippen LogP contribution < -0.4 is 5.69 Å². The molecule has 0 saturated heterocycles. The number of nitrogens with zero attached hydrogens (tertiary/aromatic N) is 1. The van der Waals surface area contributed by atoms with E-state index in [1.165, 1.54) is 29.1 Å². The summed E-state index contributed by atoms with van der Waals surface area (Å²) in [4.78, 5) is 31.2. The molecule has 0 aliphatic rings. The number of H-pyrrole nitrogens is 1. The second kappa shape index (κ2) is 5.49. The minimum atomic E-state index is -5.62. The molecule has 1 aromatic heterocycles. The predicted octanol–water partition coefficient (Wildman–Crippen LogP) is 2.21. The Morgan fingerprint density at radius 1 is 1.38 bits per heavy atom. The Morgan fingerprint density at radius 3 is 2.52 bits per heavy atom. The molecule has 0 aliphatic heterocycles. The molecule has 1 aromatic carbocycles. The number of aromatic nitrogens is 2. The van der Waals surface area contributed by atoms with E-state index in [1.54, 1.807) is 0 Å². The number of nitrogens with one attached hydrogen (secondary N) is 1. The lowest BCUT2D eigenvalue weighted by Crippen LogP contribution is -2.17. The zero-order valence-electron chi connectivity index (χ0n) is 10.3. The van der Waals surface area contributed by atoms with Crippen LogP contribution in [0.2, 0.25) is 0 Å². The zero-order chi connectivity index (χ0) is 15.8. The van der Waals surface area contributed by atoms with Crippen molar-refractivity contribution >= 4 is 23.5 Å². The van der Waals surface area contributed by atoms with Gasteiger partial charge in [-0.1, -0.05) is 28.1 Å². The van der Waals surface area contributed by atoms with Crippen molar-refractivity contribution in [2.24, 2.45) is 0 Å². The Balaban J connectivity index is 2.37. The number of hydrogen-bond donors (Lipinski definition) is 3. The van der Waals surface area contributed by atoms with Gasteiger partial charge < -0.3 is 14.8 Å². The molecule has 0 saturated carbocycles. The van der Waals surface area contributed by atoms with Crippen LogP contribution in [-0.4, -0.2) is 19.3 Å². The maximum absolute atomic E-state index is 13.6. The van der Waals surface area contributed by atoms with Crippen molar-refractivity contribution in [1.82, 2.24) is 9.55 Å². The molecule has 0 bridgehead atoms. The molecular weight excluding hydrogens is 373 g/mol. The van der Waals surface area contributed by atoms with Gasteiger partial charge in [-0.15, -0.1) is 0 Å². The summed E-state index contributed by atoms with van der Waals surface area (Å²) in [7, 11) is -5.62. The van der Waals surface area contributed by atoms with Crippen molar-refractivity contribution in [3.63, 3.8) is 0 Å². The van der Waals surface area contributed by atoms with E-state index in [2.05, 4.69) is 20.9 Å². The smallest absolute Gasteiger partial charge is 0.320 e. The summed E-state index contributed by atoms with van der Waals surface area (Å²) in [6, 6.07) is 3.50. The quantitative estimate of drug-likeness (QED) is 0.706. The molecule has 0 fully saturated rings. The number of halogens is 3. The van der Waals surface area contributed by atoms with E-state index < -0.39 is 18.8 Å². The van der Waals surface area contributed by atoms with Gasteiger partial charge in [-0.05, 0) is 11.6 Å². The van der Waals surface area contributed by atoms with Crippen LogP contribution in [0.3, 0.4) is 0 Å². The highest BCUT2D eigenvalue weighted by molar-refractivity contribution is 9.10. The molecule has 0 atom stereocenters. The summed E-state index contributed by atoms with van der Waals surface area (Å²) in [6.07, 6.45) is 2.93. The lowest BCUT2D eigenvalue weighted by Gasteiger charge is -2.19. The third-order valence-electron chi connectivity index (χ3n) is 2.80. The molecule has 0 radical (unpaired) electrons. The van der Waals surface area contributed by atoms with Gasteiger partial charge in [0.2, 0.25) is 0 Å². The van der Waals surface area contributed by atoms with Crippen molar-refractivity contribution in [1.29, 1.82) is 0 Å². The molecule has 10 heteroatoms. The first-order valence-electron chi connectivity index (χ1n) is 5.59. The topological polar surface area (TPSA) is 95.3 Å². The van der Waals surface area contributed by atoms with Crippen molar-refractivity contribution in [3.05, 3.63) is 56.7 Å². The number of alkyl halides is 2. The summed E-state index contributed by atoms with van der Waals surface area (Å²) < 4.78 is 39.3. The number of rotatable bonds is 4. The van der Waals surface area contributed by atoms with Crippen LogP contribution in [0, 0.1) is 0 Å². The standard InChI is InChI=1S/C11H10BrF2N2O4P/c12-9-5-7(6-16-4-3-15-10(16)17)1-2-8(9)11(13,14)21(18,19)20/h1-5H,6H2,(H,15,17)(H2,18,19,20). The normalized spacial score (nSPS) is 12.6. The Kier molecular flexibility index (Phi) is 4.21. The Morgan fingerprint density at radius 2 is 2.05 bits per heavy atom. The summed E-state index contributed by atoms with van der Waals surface area (Å²) in [6.45, 7) is 0.142. The van der Waals surface area contributed by atoms with E-state index in [1.807, 2.05) is 0 Å². The fourth-order valence-corrected chi connectivity index (χ4v) is 3.07. The monoisotopic (exact) mass is 382 g/mol. The van der Waals surface area contributed by atoms with Gasteiger partial charge in [0.25, 0.3) is 0 Å². The van der Waals surface area contributed by atoms with E-state index in [0.29, 0.717) is 5.56 Å². The number of imidazole rings is 1. The summed E-state index contributed by atoms with van der Waals surface area (Å²) >= 11 is 2.88. The minimum Gasteiger partial charge on any atom is -0.320 e. The highest BCUT2D eigenvalue weighted by atomic mass is 79.9. The van der Waals surface area contributed by atoms with E-state index in [9.17, 15) is 18.1 Å². The highest BCUT2D eigenvalue weighted by Crippen LogP contribution is 2.60. The molecule has 114 valence electrons. The molecule has 0 aliphatic carbocycles. The Labute approximate surface area is 125 Å². The zero-order valence-corrected chi connectivity index (χ0v) is 12.8. The predicted molar refractivity (Wildman–Crippen MR) is 74.2 cm³/mol. The Hall–Kier alpha value is -1.28. The maximum atomic E-state index is 13.6. The maximum Gasteiger partial charge on any atom is 0.399 e. The Bertz CT molecular complexity index is 768. The third kappa shape index (κ3) is 3.16. The fraction of sp³-hybridized carbons (Fsp3) is 0.182. The van der Waals surface area contributed by atoms with Crippen molar-refractivity contribution < 1.29 is 23.1 Å². The van der Waals surface area contributed by atoms with Gasteiger partial charge in [0.05, 0.1) is 6.54 Å². The van der Waals surface area contributed by atoms with Crippen molar-refractivity contribution in [2.75, 3.05) is 0 Å². The summed E-state index contributed by atoms with van der Waals surface area (Å²) in [5.41, 5.74) is -4.92. The van der Waals surface area contributed by atoms with Crippen LogP contribution in [0.15, 0.2) is 39.9 Å². The van der Waals surface area contributed by atoms with Gasteiger partial charge in [0, 0.05) is 22.4 Å². The molecule has 3 N–H and O–H groups in total. The first-order valence-corrected chi connectivity index (χ1v) is 7.99. The van der Waals surface area contributed by atoms with E-state index in [0.717, 1.165) is 6.07 Å². The van der Waals surface area contributed by atoms with Crippen LogP contribution in [0.1, 0.15) is 11.1 Å². The van der Waals surface area contributed by atoms with Crippen LogP contribution in [0.25, 0.3) is 0 Å². The van der Waals surface area contributed by atoms with E-state index in [4.69, 9.17) is 9.79 Å². The summed E-state index contributed by atoms with van der Waals surface area (Å²) in [5, 5.41) is 0. The first kappa shape index (κ1) is 16.1. The molecule has 0 spiro atoms. The largest absolute Gasteiger partial charge is 0.399 e. The number of benzene rings is 1. The average Bonchev–Trinajstić information content (AvgIpc) is 2.73. The minimum absolute atomic E-state index is 0.142. The summed E-state index contributed by atoms with van der Waals surface area (Å²) in [5.74, 6) is 0. The van der Waals surface area contributed by atoms with Gasteiger partial charge in [-0.25, -0.2) is 4.79 Å². The molecule has 2 aromatic rings. The van der Waals surface area contributed by atoms with Gasteiger partial charge in [0.15, 0.2) is 0 Å². The van der Waals surface area contributed by atoms with Gasteiger partial charge in [-0.2, -0.15) is 8.78 Å². The van der Waals surface area contributed by atoms with Crippen molar-refractivity contribution in [3.8, 4) is 0 Å². The van der Waals surface area contributed by atoms with E-state index in [-0.39, 0.29) is 16.7 Å². The molecule has 21 heavy (non-hydrogen) atoms. The molecule has 0 amide bonds.